The number of carbonyl (C=O) groups excluding carboxylic acids is 1. The Labute approximate surface area is 204 Å². The number of hydrogen-bond donors (Lipinski definition) is 1. The van der Waals surface area contributed by atoms with Crippen LogP contribution in [0.5, 0.6) is 5.75 Å². The molecule has 176 valence electrons. The van der Waals surface area contributed by atoms with Crippen LogP contribution in [0.25, 0.3) is 22.3 Å². The number of aromatic nitrogens is 3. The number of piperidine rings is 1. The van der Waals surface area contributed by atoms with Gasteiger partial charge in [0.05, 0.1) is 12.1 Å². The maximum absolute atomic E-state index is 13.4. The van der Waals surface area contributed by atoms with Crippen molar-refractivity contribution < 1.29 is 9.53 Å². The van der Waals surface area contributed by atoms with Crippen LogP contribution in [0.3, 0.4) is 0 Å². The summed E-state index contributed by atoms with van der Waals surface area (Å²) in [5, 5.41) is 4.04. The molecular weight excluding hydrogens is 438 g/mol. The van der Waals surface area contributed by atoms with Gasteiger partial charge in [-0.1, -0.05) is 18.2 Å². The molecule has 0 radical (unpaired) electrons. The second kappa shape index (κ2) is 9.07. The zero-order chi connectivity index (χ0) is 23.8. The highest BCUT2D eigenvalue weighted by molar-refractivity contribution is 6.05. The van der Waals surface area contributed by atoms with Gasteiger partial charge in [-0.25, -0.2) is 9.97 Å². The lowest BCUT2D eigenvalue weighted by molar-refractivity contribution is 0.0939. The summed E-state index contributed by atoms with van der Waals surface area (Å²) in [6.45, 7) is 5.50. The van der Waals surface area contributed by atoms with E-state index in [1.807, 2.05) is 67.8 Å². The van der Waals surface area contributed by atoms with Crippen LogP contribution in [0.4, 0.5) is 0 Å². The molecule has 2 aliphatic rings. The number of benzene rings is 2. The number of fused-ring (bicyclic) bond motifs is 2. The molecule has 2 aromatic carbocycles. The average Bonchev–Trinajstić information content (AvgIpc) is 3.32. The first kappa shape index (κ1) is 21.7. The Balaban J connectivity index is 1.18. The minimum Gasteiger partial charge on any atom is -0.494 e. The number of nitrogens with zero attached hydrogens (tertiary/aromatic N) is 4. The standard InChI is InChI=1S/C28H27N5O2/c1-2-35-20-9-7-19(8-10-20)27-30-24-6-4-3-5-21(24)26(31-27)28(34)32-25-22-16-33(17-23(22)25)15-18-11-13-29-14-12-18/h3-14,22-23,25H,2,15-17H2,1H3,(H,32,34). The van der Waals surface area contributed by atoms with Gasteiger partial charge in [0.25, 0.3) is 5.91 Å². The predicted molar refractivity (Wildman–Crippen MR) is 134 cm³/mol. The van der Waals surface area contributed by atoms with Crippen LogP contribution >= 0.6 is 0 Å². The van der Waals surface area contributed by atoms with Crippen LogP contribution in [0.2, 0.25) is 0 Å². The zero-order valence-corrected chi connectivity index (χ0v) is 19.6. The van der Waals surface area contributed by atoms with Gasteiger partial charge in [0, 0.05) is 49.0 Å². The third kappa shape index (κ3) is 4.35. The Bertz CT molecular complexity index is 1350. The van der Waals surface area contributed by atoms with Gasteiger partial charge in [0.15, 0.2) is 5.82 Å². The zero-order valence-electron chi connectivity index (χ0n) is 19.6. The van der Waals surface area contributed by atoms with Crippen molar-refractivity contribution in [2.75, 3.05) is 19.7 Å². The second-order valence-electron chi connectivity index (χ2n) is 9.25. The van der Waals surface area contributed by atoms with E-state index in [0.29, 0.717) is 30.0 Å². The van der Waals surface area contributed by atoms with Gasteiger partial charge in [-0.2, -0.15) is 0 Å². The van der Waals surface area contributed by atoms with E-state index in [0.717, 1.165) is 41.9 Å². The highest BCUT2D eigenvalue weighted by Crippen LogP contribution is 2.46. The molecule has 7 nitrogen and oxygen atoms in total. The molecule has 1 aliphatic heterocycles. The van der Waals surface area contributed by atoms with E-state index in [2.05, 4.69) is 27.3 Å². The molecule has 4 aromatic rings. The van der Waals surface area contributed by atoms with E-state index in [-0.39, 0.29) is 11.9 Å². The molecule has 2 unspecified atom stereocenters. The molecule has 1 saturated heterocycles. The maximum atomic E-state index is 13.4. The van der Waals surface area contributed by atoms with Crippen molar-refractivity contribution >= 4 is 16.8 Å². The van der Waals surface area contributed by atoms with E-state index in [1.54, 1.807) is 0 Å². The topological polar surface area (TPSA) is 80.2 Å². The summed E-state index contributed by atoms with van der Waals surface area (Å²) in [6, 6.07) is 19.7. The largest absolute Gasteiger partial charge is 0.494 e. The van der Waals surface area contributed by atoms with Crippen LogP contribution < -0.4 is 10.1 Å². The first-order chi connectivity index (χ1) is 17.2. The molecule has 7 heteroatoms. The molecule has 6 rings (SSSR count). The van der Waals surface area contributed by atoms with Crippen LogP contribution in [0.1, 0.15) is 23.0 Å². The summed E-state index contributed by atoms with van der Waals surface area (Å²) in [5.41, 5.74) is 3.31. The number of rotatable bonds is 7. The molecule has 0 bridgehead atoms. The lowest BCUT2D eigenvalue weighted by Crippen LogP contribution is -2.35. The monoisotopic (exact) mass is 465 g/mol. The highest BCUT2D eigenvalue weighted by Gasteiger charge is 2.56. The van der Waals surface area contributed by atoms with E-state index in [1.165, 1.54) is 5.56 Å². The summed E-state index contributed by atoms with van der Waals surface area (Å²) >= 11 is 0. The Morgan fingerprint density at radius 1 is 1.00 bits per heavy atom. The Morgan fingerprint density at radius 3 is 2.49 bits per heavy atom. The van der Waals surface area contributed by atoms with Crippen molar-refractivity contribution in [1.29, 1.82) is 0 Å². The fraction of sp³-hybridized carbons (Fsp3) is 0.286. The number of para-hydroxylation sites is 1. The summed E-state index contributed by atoms with van der Waals surface area (Å²) in [4.78, 5) is 29.4. The van der Waals surface area contributed by atoms with Crippen LogP contribution in [-0.2, 0) is 6.54 Å². The molecule has 2 atom stereocenters. The Hall–Kier alpha value is -3.84. The molecule has 35 heavy (non-hydrogen) atoms. The van der Waals surface area contributed by atoms with Crippen LogP contribution in [0.15, 0.2) is 73.1 Å². The second-order valence-corrected chi connectivity index (χ2v) is 9.25. The maximum Gasteiger partial charge on any atom is 0.270 e. The van der Waals surface area contributed by atoms with Gasteiger partial charge in [0.2, 0.25) is 0 Å². The number of amides is 1. The first-order valence-corrected chi connectivity index (χ1v) is 12.1. The van der Waals surface area contributed by atoms with Gasteiger partial charge in [0.1, 0.15) is 11.4 Å². The molecule has 1 amide bonds. The molecule has 0 spiro atoms. The van der Waals surface area contributed by atoms with E-state index < -0.39 is 0 Å². The summed E-state index contributed by atoms with van der Waals surface area (Å²) in [6.07, 6.45) is 3.67. The minimum atomic E-state index is -0.129. The number of hydrogen-bond acceptors (Lipinski definition) is 6. The van der Waals surface area contributed by atoms with Crippen molar-refractivity contribution in [1.82, 2.24) is 25.2 Å². The van der Waals surface area contributed by atoms with Crippen molar-refractivity contribution in [3.05, 3.63) is 84.3 Å². The molecular formula is C28H27N5O2. The lowest BCUT2D eigenvalue weighted by Gasteiger charge is -2.20. The van der Waals surface area contributed by atoms with Crippen LogP contribution in [-0.4, -0.2) is 51.5 Å². The lowest BCUT2D eigenvalue weighted by atomic mass is 10.1. The third-order valence-corrected chi connectivity index (χ3v) is 6.96. The van der Waals surface area contributed by atoms with Crippen LogP contribution in [0, 0.1) is 11.8 Å². The Kier molecular flexibility index (Phi) is 5.62. The fourth-order valence-electron chi connectivity index (χ4n) is 5.17. The molecule has 1 aliphatic carbocycles. The fourth-order valence-corrected chi connectivity index (χ4v) is 5.17. The summed E-state index contributed by atoms with van der Waals surface area (Å²) in [7, 11) is 0. The minimum absolute atomic E-state index is 0.129. The Morgan fingerprint density at radius 2 is 1.74 bits per heavy atom. The molecule has 2 aromatic heterocycles. The SMILES string of the molecule is CCOc1ccc(-c2nc(C(=O)NC3C4CN(Cc5ccncc5)CC43)c3ccccc3n2)cc1. The van der Waals surface area contributed by atoms with E-state index in [9.17, 15) is 4.79 Å². The quantitative estimate of drug-likeness (QED) is 0.445. The molecule has 1 saturated carbocycles. The normalized spacial score (nSPS) is 21.0. The molecule has 2 fully saturated rings. The van der Waals surface area contributed by atoms with E-state index >= 15 is 0 Å². The number of pyridine rings is 1. The molecule has 1 N–H and O–H groups in total. The first-order valence-electron chi connectivity index (χ1n) is 12.1. The van der Waals surface area contributed by atoms with Gasteiger partial charge in [-0.3, -0.25) is 14.7 Å². The van der Waals surface area contributed by atoms with Gasteiger partial charge >= 0.3 is 0 Å². The van der Waals surface area contributed by atoms with E-state index in [4.69, 9.17) is 14.7 Å². The van der Waals surface area contributed by atoms with Crippen molar-refractivity contribution in [2.45, 2.75) is 19.5 Å². The van der Waals surface area contributed by atoms with Crippen molar-refractivity contribution in [3.8, 4) is 17.1 Å². The highest BCUT2D eigenvalue weighted by atomic mass is 16.5. The summed E-state index contributed by atoms with van der Waals surface area (Å²) < 4.78 is 5.55. The van der Waals surface area contributed by atoms with Gasteiger partial charge < -0.3 is 10.1 Å². The number of carbonyl (C=O) groups is 1. The van der Waals surface area contributed by atoms with Gasteiger partial charge in [-0.05, 0) is 66.8 Å². The number of ether oxygens (including phenoxy) is 1. The van der Waals surface area contributed by atoms with Gasteiger partial charge in [-0.15, -0.1) is 0 Å². The van der Waals surface area contributed by atoms with Crippen molar-refractivity contribution in [2.24, 2.45) is 11.8 Å². The number of nitrogens with one attached hydrogen (secondary N) is 1. The number of likely N-dealkylation sites (tertiary alicyclic amines) is 1. The average molecular weight is 466 g/mol. The molecule has 3 heterocycles. The smallest absolute Gasteiger partial charge is 0.270 e. The predicted octanol–water partition coefficient (Wildman–Crippen LogP) is 3.95. The summed E-state index contributed by atoms with van der Waals surface area (Å²) in [5.74, 6) is 2.21. The third-order valence-electron chi connectivity index (χ3n) is 6.96. The van der Waals surface area contributed by atoms with Crippen molar-refractivity contribution in [3.63, 3.8) is 0 Å².